The summed E-state index contributed by atoms with van der Waals surface area (Å²) in [6.45, 7) is 9.96. The average Bonchev–Trinajstić information content (AvgIpc) is 3.12. The van der Waals surface area contributed by atoms with Crippen LogP contribution in [0.2, 0.25) is 0 Å². The van der Waals surface area contributed by atoms with E-state index in [9.17, 15) is 9.59 Å². The van der Waals surface area contributed by atoms with Crippen LogP contribution in [-0.4, -0.2) is 12.5 Å². The van der Waals surface area contributed by atoms with Gasteiger partial charge in [-0.15, -0.1) is 0 Å². The fraction of sp³-hybridized carbons (Fsp3) is 0.172. The summed E-state index contributed by atoms with van der Waals surface area (Å²) >= 11 is 0. The monoisotopic (exact) mass is 451 g/mol. The van der Waals surface area contributed by atoms with Crippen molar-refractivity contribution >= 4 is 22.6 Å². The number of anilines is 1. The smallest absolute Gasteiger partial charge is 0.295 e. The molecule has 1 amide bonds. The van der Waals surface area contributed by atoms with E-state index in [0.717, 1.165) is 22.3 Å². The number of carbonyl (C=O) groups excluding carboxylic acids is 1. The Labute approximate surface area is 197 Å². The molecule has 0 radical (unpaired) electrons. The molecule has 0 spiro atoms. The van der Waals surface area contributed by atoms with Crippen molar-refractivity contribution in [2.45, 2.75) is 26.8 Å². The first-order chi connectivity index (χ1) is 16.4. The number of fused-ring (bicyclic) bond motifs is 2. The van der Waals surface area contributed by atoms with Gasteiger partial charge in [-0.3, -0.25) is 14.5 Å². The lowest BCUT2D eigenvalue weighted by atomic mass is 9.97. The molecule has 2 heterocycles. The first-order valence-corrected chi connectivity index (χ1v) is 11.2. The second-order valence-electron chi connectivity index (χ2n) is 8.69. The van der Waals surface area contributed by atoms with E-state index in [-0.39, 0.29) is 17.1 Å². The van der Waals surface area contributed by atoms with E-state index in [1.165, 1.54) is 0 Å². The van der Waals surface area contributed by atoms with Crippen LogP contribution in [0.25, 0.3) is 11.0 Å². The van der Waals surface area contributed by atoms with Gasteiger partial charge in [0.25, 0.3) is 5.91 Å². The van der Waals surface area contributed by atoms with Gasteiger partial charge in [-0.2, -0.15) is 0 Å². The third kappa shape index (κ3) is 3.50. The molecule has 1 unspecified atom stereocenters. The summed E-state index contributed by atoms with van der Waals surface area (Å²) in [6, 6.07) is 18.2. The summed E-state index contributed by atoms with van der Waals surface area (Å²) in [5.41, 5.74) is 5.12. The molecule has 34 heavy (non-hydrogen) atoms. The first-order valence-electron chi connectivity index (χ1n) is 11.2. The van der Waals surface area contributed by atoms with Crippen LogP contribution in [0.1, 0.15) is 44.4 Å². The van der Waals surface area contributed by atoms with E-state index in [1.54, 1.807) is 11.0 Å². The number of benzene rings is 3. The molecule has 0 saturated heterocycles. The summed E-state index contributed by atoms with van der Waals surface area (Å²) in [4.78, 5) is 29.2. The summed E-state index contributed by atoms with van der Waals surface area (Å²) in [5, 5.41) is 0.476. The van der Waals surface area contributed by atoms with Gasteiger partial charge in [0.2, 0.25) is 5.76 Å². The molecule has 4 aromatic rings. The van der Waals surface area contributed by atoms with Crippen molar-refractivity contribution in [3.05, 3.63) is 117 Å². The maximum atomic E-state index is 13.8. The van der Waals surface area contributed by atoms with E-state index >= 15 is 0 Å². The molecule has 0 saturated carbocycles. The molecule has 5 nitrogen and oxygen atoms in total. The van der Waals surface area contributed by atoms with Crippen LogP contribution in [0.4, 0.5) is 5.69 Å². The van der Waals surface area contributed by atoms with Crippen molar-refractivity contribution in [2.75, 3.05) is 11.5 Å². The highest BCUT2D eigenvalue weighted by atomic mass is 16.5. The SMILES string of the molecule is C=CCOc1cccc(C2c3c(oc4cc(C)c(C)cc4c3=O)C(=O)N2c2ccc(C)cc2)c1. The molecule has 0 aliphatic carbocycles. The zero-order valence-electron chi connectivity index (χ0n) is 19.4. The fourth-order valence-corrected chi connectivity index (χ4v) is 4.44. The normalized spacial score (nSPS) is 15.0. The molecule has 0 N–H and O–H groups in total. The van der Waals surface area contributed by atoms with Gasteiger partial charge in [0, 0.05) is 5.69 Å². The predicted molar refractivity (Wildman–Crippen MR) is 134 cm³/mol. The number of hydrogen-bond acceptors (Lipinski definition) is 4. The largest absolute Gasteiger partial charge is 0.490 e. The number of rotatable bonds is 5. The van der Waals surface area contributed by atoms with Crippen molar-refractivity contribution in [2.24, 2.45) is 0 Å². The van der Waals surface area contributed by atoms with Gasteiger partial charge in [0.15, 0.2) is 5.43 Å². The Bertz CT molecular complexity index is 1500. The third-order valence-electron chi connectivity index (χ3n) is 6.34. The predicted octanol–water partition coefficient (Wildman–Crippen LogP) is 6.03. The van der Waals surface area contributed by atoms with Crippen molar-refractivity contribution in [3.63, 3.8) is 0 Å². The number of nitrogens with zero attached hydrogens (tertiary/aromatic N) is 1. The highest BCUT2D eigenvalue weighted by Crippen LogP contribution is 2.42. The summed E-state index contributed by atoms with van der Waals surface area (Å²) < 4.78 is 11.9. The van der Waals surface area contributed by atoms with Crippen molar-refractivity contribution < 1.29 is 13.9 Å². The number of hydrogen-bond donors (Lipinski definition) is 0. The van der Waals surface area contributed by atoms with Crippen LogP contribution in [-0.2, 0) is 0 Å². The Morgan fingerprint density at radius 2 is 1.74 bits per heavy atom. The number of aryl methyl sites for hydroxylation is 3. The second kappa shape index (κ2) is 8.34. The molecule has 3 aromatic carbocycles. The van der Waals surface area contributed by atoms with Crippen LogP contribution < -0.4 is 15.1 Å². The fourth-order valence-electron chi connectivity index (χ4n) is 4.44. The van der Waals surface area contributed by atoms with Gasteiger partial charge in [0.05, 0.1) is 17.0 Å². The number of ether oxygens (including phenoxy) is 1. The summed E-state index contributed by atoms with van der Waals surface area (Å²) in [7, 11) is 0. The molecule has 1 aliphatic rings. The van der Waals surface area contributed by atoms with Gasteiger partial charge in [-0.1, -0.05) is 42.5 Å². The molecule has 5 heteroatoms. The number of amides is 1. The van der Waals surface area contributed by atoms with Gasteiger partial charge in [0.1, 0.15) is 17.9 Å². The minimum absolute atomic E-state index is 0.0868. The van der Waals surface area contributed by atoms with Crippen molar-refractivity contribution in [3.8, 4) is 5.75 Å². The lowest BCUT2D eigenvalue weighted by molar-refractivity contribution is 0.0971. The van der Waals surface area contributed by atoms with Gasteiger partial charge in [-0.05, 0) is 73.9 Å². The van der Waals surface area contributed by atoms with E-state index in [1.807, 2.05) is 81.4 Å². The molecular formula is C29H25NO4. The average molecular weight is 452 g/mol. The Morgan fingerprint density at radius 3 is 2.47 bits per heavy atom. The molecule has 0 bridgehead atoms. The van der Waals surface area contributed by atoms with Crippen molar-refractivity contribution in [1.82, 2.24) is 0 Å². The van der Waals surface area contributed by atoms with Crippen molar-refractivity contribution in [1.29, 1.82) is 0 Å². The van der Waals surface area contributed by atoms with Crippen LogP contribution >= 0.6 is 0 Å². The van der Waals surface area contributed by atoms with Crippen LogP contribution in [0.15, 0.2) is 82.5 Å². The Balaban J connectivity index is 1.77. The first kappa shape index (κ1) is 21.7. The lowest BCUT2D eigenvalue weighted by Gasteiger charge is -2.25. The molecule has 1 aliphatic heterocycles. The van der Waals surface area contributed by atoms with Gasteiger partial charge >= 0.3 is 0 Å². The Morgan fingerprint density at radius 1 is 1.00 bits per heavy atom. The Hall–Kier alpha value is -4.12. The van der Waals surface area contributed by atoms with E-state index in [2.05, 4.69) is 6.58 Å². The Kier molecular flexibility index (Phi) is 5.33. The third-order valence-corrected chi connectivity index (χ3v) is 6.34. The summed E-state index contributed by atoms with van der Waals surface area (Å²) in [6.07, 6.45) is 1.67. The van der Waals surface area contributed by atoms with Crippen LogP contribution in [0, 0.1) is 20.8 Å². The van der Waals surface area contributed by atoms with Crippen LogP contribution in [0.3, 0.4) is 0 Å². The van der Waals surface area contributed by atoms with Crippen LogP contribution in [0.5, 0.6) is 5.75 Å². The second-order valence-corrected chi connectivity index (χ2v) is 8.69. The molecule has 170 valence electrons. The quantitative estimate of drug-likeness (QED) is 0.348. The van der Waals surface area contributed by atoms with E-state index in [0.29, 0.717) is 34.6 Å². The van der Waals surface area contributed by atoms with Gasteiger partial charge in [-0.25, -0.2) is 0 Å². The zero-order valence-corrected chi connectivity index (χ0v) is 19.4. The van der Waals surface area contributed by atoms with Gasteiger partial charge < -0.3 is 9.15 Å². The topological polar surface area (TPSA) is 59.8 Å². The standard InChI is InChI=1S/C29H25NO4/c1-5-13-33-22-8-6-7-20(16-22)26-25-27(31)23-14-18(3)19(4)15-24(23)34-28(25)29(32)30(26)21-11-9-17(2)10-12-21/h5-12,14-16,26H,1,13H2,2-4H3. The molecule has 1 atom stereocenters. The number of carbonyl (C=O) groups is 1. The zero-order chi connectivity index (χ0) is 24.0. The maximum absolute atomic E-state index is 13.8. The van der Waals surface area contributed by atoms with E-state index < -0.39 is 6.04 Å². The highest BCUT2D eigenvalue weighted by Gasteiger charge is 2.43. The highest BCUT2D eigenvalue weighted by molar-refractivity contribution is 6.10. The molecule has 1 aromatic heterocycles. The minimum Gasteiger partial charge on any atom is -0.490 e. The summed E-state index contributed by atoms with van der Waals surface area (Å²) in [5.74, 6) is 0.390. The minimum atomic E-state index is -0.639. The van der Waals surface area contributed by atoms with E-state index in [4.69, 9.17) is 9.15 Å². The molecule has 0 fully saturated rings. The maximum Gasteiger partial charge on any atom is 0.295 e. The molecule has 5 rings (SSSR count). The molecular weight excluding hydrogens is 426 g/mol. The lowest BCUT2D eigenvalue weighted by Crippen LogP contribution is -2.29.